The highest BCUT2D eigenvalue weighted by Gasteiger charge is 2.42. The number of hydrogen-bond acceptors (Lipinski definition) is 3. The summed E-state index contributed by atoms with van der Waals surface area (Å²) in [6.07, 6.45) is 2.79. The van der Waals surface area contributed by atoms with Crippen molar-refractivity contribution in [3.05, 3.63) is 11.6 Å². The third-order valence-corrected chi connectivity index (χ3v) is 2.65. The molecule has 0 aromatic carbocycles. The van der Waals surface area contributed by atoms with Gasteiger partial charge in [-0.25, -0.2) is 4.98 Å². The molecule has 2 rings (SSSR count). The van der Waals surface area contributed by atoms with Crippen molar-refractivity contribution in [2.24, 2.45) is 0 Å². The Balaban J connectivity index is 1.99. The summed E-state index contributed by atoms with van der Waals surface area (Å²) in [6, 6.07) is 0. The van der Waals surface area contributed by atoms with Crippen molar-refractivity contribution in [1.29, 1.82) is 0 Å². The molecule has 0 saturated heterocycles. The Morgan fingerprint density at radius 1 is 1.64 bits per heavy atom. The lowest BCUT2D eigenvalue weighted by Gasteiger charge is -1.98. The Bertz CT molecular complexity index is 355. The van der Waals surface area contributed by atoms with Crippen molar-refractivity contribution in [3.8, 4) is 0 Å². The Hall–Kier alpha value is -1.39. The van der Waals surface area contributed by atoms with Gasteiger partial charge < -0.3 is 5.11 Å². The Labute approximate surface area is 81.6 Å². The molecule has 0 bridgehead atoms. The quantitative estimate of drug-likeness (QED) is 0.747. The molecule has 1 saturated carbocycles. The molecule has 0 unspecified atom stereocenters. The number of aromatic nitrogens is 3. The van der Waals surface area contributed by atoms with E-state index in [0.29, 0.717) is 12.2 Å². The highest BCUT2D eigenvalue weighted by Crippen LogP contribution is 2.45. The van der Waals surface area contributed by atoms with E-state index < -0.39 is 5.97 Å². The fourth-order valence-electron chi connectivity index (χ4n) is 1.31. The minimum Gasteiger partial charge on any atom is -0.481 e. The molecule has 1 fully saturated rings. The number of carbonyl (C=O) groups is 1. The van der Waals surface area contributed by atoms with Gasteiger partial charge in [0.15, 0.2) is 5.82 Å². The zero-order valence-corrected chi connectivity index (χ0v) is 8.08. The third-order valence-electron chi connectivity index (χ3n) is 2.65. The fraction of sp³-hybridized carbons (Fsp3) is 0.667. The molecular weight excluding hydrogens is 182 g/mol. The predicted molar refractivity (Wildman–Crippen MR) is 48.9 cm³/mol. The van der Waals surface area contributed by atoms with E-state index in [9.17, 15) is 4.79 Å². The zero-order chi connectivity index (χ0) is 10.2. The van der Waals surface area contributed by atoms with Gasteiger partial charge >= 0.3 is 5.97 Å². The summed E-state index contributed by atoms with van der Waals surface area (Å²) < 4.78 is 0. The fourth-order valence-corrected chi connectivity index (χ4v) is 1.31. The van der Waals surface area contributed by atoms with Crippen LogP contribution in [0.2, 0.25) is 0 Å². The monoisotopic (exact) mass is 195 g/mol. The maximum Gasteiger partial charge on any atom is 0.303 e. The lowest BCUT2D eigenvalue weighted by molar-refractivity contribution is -0.137. The standard InChI is InChI=1S/C9H13N3O2/c1-9(4-5-9)8-10-6(11-12-8)2-3-7(13)14/h2-5H2,1H3,(H,13,14)(H,10,11,12). The molecule has 76 valence electrons. The van der Waals surface area contributed by atoms with Gasteiger partial charge in [-0.1, -0.05) is 6.92 Å². The zero-order valence-electron chi connectivity index (χ0n) is 8.08. The Morgan fingerprint density at radius 2 is 2.36 bits per heavy atom. The van der Waals surface area contributed by atoms with Crippen LogP contribution in [0.15, 0.2) is 0 Å². The van der Waals surface area contributed by atoms with Crippen molar-refractivity contribution >= 4 is 5.97 Å². The maximum absolute atomic E-state index is 10.3. The van der Waals surface area contributed by atoms with Crippen molar-refractivity contribution in [1.82, 2.24) is 15.2 Å². The maximum atomic E-state index is 10.3. The molecule has 0 atom stereocenters. The summed E-state index contributed by atoms with van der Waals surface area (Å²) in [7, 11) is 0. The van der Waals surface area contributed by atoms with Crippen LogP contribution in [0.1, 0.15) is 37.8 Å². The van der Waals surface area contributed by atoms with Crippen LogP contribution in [-0.4, -0.2) is 26.3 Å². The van der Waals surface area contributed by atoms with Crippen LogP contribution in [0.3, 0.4) is 0 Å². The van der Waals surface area contributed by atoms with Crippen LogP contribution < -0.4 is 0 Å². The van der Waals surface area contributed by atoms with Crippen LogP contribution >= 0.6 is 0 Å². The van der Waals surface area contributed by atoms with Gasteiger partial charge in [0.2, 0.25) is 0 Å². The van der Waals surface area contributed by atoms with Crippen molar-refractivity contribution < 1.29 is 9.90 Å². The number of rotatable bonds is 4. The van der Waals surface area contributed by atoms with E-state index in [1.165, 1.54) is 0 Å². The number of aromatic amines is 1. The smallest absolute Gasteiger partial charge is 0.303 e. The van der Waals surface area contributed by atoms with Gasteiger partial charge in [-0.2, -0.15) is 5.10 Å². The van der Waals surface area contributed by atoms with E-state index >= 15 is 0 Å². The molecule has 2 N–H and O–H groups in total. The first-order chi connectivity index (χ1) is 6.60. The highest BCUT2D eigenvalue weighted by atomic mass is 16.4. The number of H-pyrrole nitrogens is 1. The number of carboxylic acids is 1. The van der Waals surface area contributed by atoms with E-state index in [1.807, 2.05) is 0 Å². The number of nitrogens with one attached hydrogen (secondary N) is 1. The molecule has 0 aliphatic heterocycles. The molecule has 5 heteroatoms. The van der Waals surface area contributed by atoms with Crippen LogP contribution in [0.4, 0.5) is 0 Å². The minimum atomic E-state index is -0.805. The summed E-state index contributed by atoms with van der Waals surface area (Å²) in [6.45, 7) is 2.12. The molecule has 0 radical (unpaired) electrons. The lowest BCUT2D eigenvalue weighted by atomic mass is 10.1. The van der Waals surface area contributed by atoms with E-state index in [-0.39, 0.29) is 11.8 Å². The second kappa shape index (κ2) is 3.08. The molecule has 1 aliphatic rings. The topological polar surface area (TPSA) is 78.9 Å². The molecule has 0 spiro atoms. The van der Waals surface area contributed by atoms with E-state index in [0.717, 1.165) is 18.7 Å². The summed E-state index contributed by atoms with van der Waals surface area (Å²) in [5.74, 6) is 0.703. The molecule has 5 nitrogen and oxygen atoms in total. The first kappa shape index (κ1) is 9.18. The summed E-state index contributed by atoms with van der Waals surface area (Å²) in [5.41, 5.74) is 0.151. The summed E-state index contributed by atoms with van der Waals surface area (Å²) in [5, 5.41) is 15.4. The first-order valence-corrected chi connectivity index (χ1v) is 4.74. The molecular formula is C9H13N3O2. The van der Waals surface area contributed by atoms with Crippen molar-refractivity contribution in [3.63, 3.8) is 0 Å². The molecule has 0 amide bonds. The van der Waals surface area contributed by atoms with Gasteiger partial charge in [-0.05, 0) is 12.8 Å². The largest absolute Gasteiger partial charge is 0.481 e. The van der Waals surface area contributed by atoms with Crippen molar-refractivity contribution in [2.75, 3.05) is 0 Å². The third kappa shape index (κ3) is 1.76. The number of aliphatic carboxylic acids is 1. The number of nitrogens with zero attached hydrogens (tertiary/aromatic N) is 2. The van der Waals surface area contributed by atoms with Crippen LogP contribution in [-0.2, 0) is 16.6 Å². The molecule has 1 aromatic rings. The number of hydrogen-bond donors (Lipinski definition) is 2. The van der Waals surface area contributed by atoms with Crippen molar-refractivity contribution in [2.45, 2.75) is 38.0 Å². The van der Waals surface area contributed by atoms with Crippen LogP contribution in [0.25, 0.3) is 0 Å². The number of aryl methyl sites for hydroxylation is 1. The average Bonchev–Trinajstić information content (AvgIpc) is 2.70. The molecule has 1 heterocycles. The van der Waals surface area contributed by atoms with Gasteiger partial charge in [0.1, 0.15) is 5.82 Å². The van der Waals surface area contributed by atoms with Gasteiger partial charge in [-0.15, -0.1) is 0 Å². The number of carboxylic acid groups (broad SMARTS) is 1. The first-order valence-electron chi connectivity index (χ1n) is 4.74. The normalized spacial score (nSPS) is 18.1. The van der Waals surface area contributed by atoms with Gasteiger partial charge in [0.25, 0.3) is 0 Å². The van der Waals surface area contributed by atoms with Gasteiger partial charge in [0, 0.05) is 11.8 Å². The molecule has 1 aromatic heterocycles. The van der Waals surface area contributed by atoms with Gasteiger partial charge in [0.05, 0.1) is 6.42 Å². The second-order valence-corrected chi connectivity index (χ2v) is 4.06. The highest BCUT2D eigenvalue weighted by molar-refractivity contribution is 5.66. The Morgan fingerprint density at radius 3 is 2.93 bits per heavy atom. The Kier molecular flexibility index (Phi) is 2.02. The van der Waals surface area contributed by atoms with Crippen LogP contribution in [0, 0.1) is 0 Å². The average molecular weight is 195 g/mol. The van der Waals surface area contributed by atoms with Gasteiger partial charge in [-0.3, -0.25) is 9.89 Å². The minimum absolute atomic E-state index is 0.103. The van der Waals surface area contributed by atoms with E-state index in [1.54, 1.807) is 0 Å². The van der Waals surface area contributed by atoms with E-state index in [2.05, 4.69) is 22.1 Å². The molecule has 1 aliphatic carbocycles. The SMILES string of the molecule is CC1(c2n[nH]c(CCC(=O)O)n2)CC1. The van der Waals surface area contributed by atoms with E-state index in [4.69, 9.17) is 5.11 Å². The van der Waals surface area contributed by atoms with Crippen LogP contribution in [0.5, 0.6) is 0 Å². The summed E-state index contributed by atoms with van der Waals surface area (Å²) in [4.78, 5) is 14.6. The lowest BCUT2D eigenvalue weighted by Crippen LogP contribution is -2.03. The predicted octanol–water partition coefficient (Wildman–Crippen LogP) is 0.873. The molecule has 14 heavy (non-hydrogen) atoms. The second-order valence-electron chi connectivity index (χ2n) is 4.06. The summed E-state index contributed by atoms with van der Waals surface area (Å²) >= 11 is 0.